The van der Waals surface area contributed by atoms with Crippen molar-refractivity contribution in [3.63, 3.8) is 0 Å². The minimum atomic E-state index is 0.291. The van der Waals surface area contributed by atoms with E-state index in [9.17, 15) is 0 Å². The first kappa shape index (κ1) is 13.6. The standard InChI is InChI=1S/C16H22BrNO/c1-18-15-8-4-13(5-9-15)16(10-19-11-16)12-2-6-14(17)7-3-12/h2-3,6-7,13,15,18H,4-5,8-11H2,1H3. The number of halogens is 1. The van der Waals surface area contributed by atoms with Crippen LogP contribution in [-0.2, 0) is 10.2 Å². The Balaban J connectivity index is 1.78. The lowest BCUT2D eigenvalue weighted by atomic mass is 9.63. The number of ether oxygens (including phenoxy) is 1. The van der Waals surface area contributed by atoms with Gasteiger partial charge >= 0.3 is 0 Å². The second kappa shape index (κ2) is 5.55. The topological polar surface area (TPSA) is 21.3 Å². The molecule has 104 valence electrons. The SMILES string of the molecule is CNC1CCC(C2(c3ccc(Br)cc3)COC2)CC1. The average Bonchev–Trinajstić information content (AvgIpc) is 2.40. The van der Waals surface area contributed by atoms with E-state index in [0.717, 1.165) is 29.6 Å². The van der Waals surface area contributed by atoms with Gasteiger partial charge in [0.25, 0.3) is 0 Å². The average molecular weight is 324 g/mol. The van der Waals surface area contributed by atoms with Crippen molar-refractivity contribution >= 4 is 15.9 Å². The monoisotopic (exact) mass is 323 g/mol. The molecule has 19 heavy (non-hydrogen) atoms. The van der Waals surface area contributed by atoms with Gasteiger partial charge in [-0.05, 0) is 56.3 Å². The molecule has 1 aromatic carbocycles. The number of hydrogen-bond acceptors (Lipinski definition) is 2. The highest BCUT2D eigenvalue weighted by molar-refractivity contribution is 9.10. The molecule has 2 fully saturated rings. The molecule has 1 aliphatic carbocycles. The Hall–Kier alpha value is -0.380. The molecule has 0 amide bonds. The molecule has 2 nitrogen and oxygen atoms in total. The molecule has 1 N–H and O–H groups in total. The van der Waals surface area contributed by atoms with Crippen LogP contribution >= 0.6 is 15.9 Å². The summed E-state index contributed by atoms with van der Waals surface area (Å²) in [5.74, 6) is 0.784. The summed E-state index contributed by atoms with van der Waals surface area (Å²) in [5.41, 5.74) is 1.76. The van der Waals surface area contributed by atoms with Gasteiger partial charge in [-0.15, -0.1) is 0 Å². The lowest BCUT2D eigenvalue weighted by molar-refractivity contribution is -0.0988. The number of hydrogen-bond donors (Lipinski definition) is 1. The van der Waals surface area contributed by atoms with Crippen molar-refractivity contribution in [3.05, 3.63) is 34.3 Å². The van der Waals surface area contributed by atoms with Crippen LogP contribution in [0.5, 0.6) is 0 Å². The Bertz CT molecular complexity index is 419. The maximum atomic E-state index is 5.60. The first-order valence-electron chi connectivity index (χ1n) is 7.26. The fraction of sp³-hybridized carbons (Fsp3) is 0.625. The second-order valence-electron chi connectivity index (χ2n) is 5.99. The maximum Gasteiger partial charge on any atom is 0.0588 e. The van der Waals surface area contributed by atoms with Gasteiger partial charge in [-0.1, -0.05) is 28.1 Å². The summed E-state index contributed by atoms with van der Waals surface area (Å²) in [4.78, 5) is 0. The van der Waals surface area contributed by atoms with Crippen molar-refractivity contribution in [1.82, 2.24) is 5.32 Å². The minimum absolute atomic E-state index is 0.291. The lowest BCUT2D eigenvalue weighted by Crippen LogP contribution is -2.54. The van der Waals surface area contributed by atoms with Crippen molar-refractivity contribution in [1.29, 1.82) is 0 Å². The van der Waals surface area contributed by atoms with Gasteiger partial charge in [0.15, 0.2) is 0 Å². The smallest absolute Gasteiger partial charge is 0.0588 e. The highest BCUT2D eigenvalue weighted by Gasteiger charge is 2.47. The first-order valence-corrected chi connectivity index (χ1v) is 8.05. The van der Waals surface area contributed by atoms with Gasteiger partial charge in [0.05, 0.1) is 13.2 Å². The van der Waals surface area contributed by atoms with E-state index in [-0.39, 0.29) is 0 Å². The molecule has 0 radical (unpaired) electrons. The lowest BCUT2D eigenvalue weighted by Gasteiger charge is -2.50. The fourth-order valence-electron chi connectivity index (χ4n) is 3.68. The molecule has 1 aromatic rings. The molecule has 3 heteroatoms. The van der Waals surface area contributed by atoms with E-state index in [4.69, 9.17) is 4.74 Å². The zero-order chi connectivity index (χ0) is 13.3. The summed E-state index contributed by atoms with van der Waals surface area (Å²) in [6, 6.07) is 9.59. The van der Waals surface area contributed by atoms with E-state index in [1.165, 1.54) is 31.2 Å². The van der Waals surface area contributed by atoms with Gasteiger partial charge in [-0.25, -0.2) is 0 Å². The molecule has 1 aliphatic heterocycles. The number of rotatable bonds is 3. The Morgan fingerprint density at radius 2 is 1.74 bits per heavy atom. The van der Waals surface area contributed by atoms with Crippen molar-refractivity contribution < 1.29 is 4.74 Å². The Morgan fingerprint density at radius 3 is 2.21 bits per heavy atom. The molecule has 1 heterocycles. The van der Waals surface area contributed by atoms with Crippen molar-refractivity contribution in [2.24, 2.45) is 5.92 Å². The molecule has 1 saturated heterocycles. The quantitative estimate of drug-likeness (QED) is 0.919. The summed E-state index contributed by atoms with van der Waals surface area (Å²) in [6.07, 6.45) is 5.26. The molecule has 1 saturated carbocycles. The van der Waals surface area contributed by atoms with Gasteiger partial charge in [0.1, 0.15) is 0 Å². The second-order valence-corrected chi connectivity index (χ2v) is 6.91. The highest BCUT2D eigenvalue weighted by atomic mass is 79.9. The highest BCUT2D eigenvalue weighted by Crippen LogP contribution is 2.46. The van der Waals surface area contributed by atoms with Gasteiger partial charge in [-0.3, -0.25) is 0 Å². The zero-order valence-electron chi connectivity index (χ0n) is 11.5. The Morgan fingerprint density at radius 1 is 1.11 bits per heavy atom. The van der Waals surface area contributed by atoms with E-state index in [1.54, 1.807) is 0 Å². The van der Waals surface area contributed by atoms with Crippen LogP contribution in [0.4, 0.5) is 0 Å². The molecule has 3 rings (SSSR count). The van der Waals surface area contributed by atoms with Crippen LogP contribution in [0.15, 0.2) is 28.7 Å². The predicted octanol–water partition coefficient (Wildman–Crippen LogP) is 3.50. The van der Waals surface area contributed by atoms with Crippen LogP contribution in [0.1, 0.15) is 31.2 Å². The third-order valence-corrected chi connectivity index (χ3v) is 5.58. The van der Waals surface area contributed by atoms with Crippen LogP contribution < -0.4 is 5.32 Å². The van der Waals surface area contributed by atoms with Crippen LogP contribution in [-0.4, -0.2) is 26.3 Å². The fourth-order valence-corrected chi connectivity index (χ4v) is 3.94. The summed E-state index contributed by atoms with van der Waals surface area (Å²) in [5, 5.41) is 3.42. The number of nitrogens with one attached hydrogen (secondary N) is 1. The Kier molecular flexibility index (Phi) is 3.97. The normalized spacial score (nSPS) is 29.8. The summed E-state index contributed by atoms with van der Waals surface area (Å²) >= 11 is 3.53. The molecule has 2 aliphatic rings. The summed E-state index contributed by atoms with van der Waals surface area (Å²) in [6.45, 7) is 1.81. The van der Waals surface area contributed by atoms with E-state index in [1.807, 2.05) is 0 Å². The van der Waals surface area contributed by atoms with Crippen molar-refractivity contribution in [3.8, 4) is 0 Å². The molecule has 0 bridgehead atoms. The molecular formula is C16H22BrNO. The third kappa shape index (κ3) is 2.48. The molecule has 0 unspecified atom stereocenters. The third-order valence-electron chi connectivity index (χ3n) is 5.06. The zero-order valence-corrected chi connectivity index (χ0v) is 13.1. The predicted molar refractivity (Wildman–Crippen MR) is 81.4 cm³/mol. The minimum Gasteiger partial charge on any atom is -0.379 e. The van der Waals surface area contributed by atoms with Crippen molar-refractivity contribution in [2.45, 2.75) is 37.1 Å². The van der Waals surface area contributed by atoms with Crippen molar-refractivity contribution in [2.75, 3.05) is 20.3 Å². The van der Waals surface area contributed by atoms with Gasteiger partial charge in [-0.2, -0.15) is 0 Å². The molecule has 0 aromatic heterocycles. The summed E-state index contributed by atoms with van der Waals surface area (Å²) in [7, 11) is 2.09. The van der Waals surface area contributed by atoms with E-state index in [2.05, 4.69) is 52.6 Å². The van der Waals surface area contributed by atoms with Gasteiger partial charge < -0.3 is 10.1 Å². The van der Waals surface area contributed by atoms with Crippen LogP contribution in [0.2, 0.25) is 0 Å². The van der Waals surface area contributed by atoms with Gasteiger partial charge in [0.2, 0.25) is 0 Å². The van der Waals surface area contributed by atoms with Gasteiger partial charge in [0, 0.05) is 15.9 Å². The maximum absolute atomic E-state index is 5.60. The molecular weight excluding hydrogens is 302 g/mol. The van der Waals surface area contributed by atoms with E-state index in [0.29, 0.717) is 5.41 Å². The number of benzene rings is 1. The first-order chi connectivity index (χ1) is 9.24. The Labute approximate surface area is 124 Å². The largest absolute Gasteiger partial charge is 0.379 e. The van der Waals surface area contributed by atoms with Crippen LogP contribution in [0, 0.1) is 5.92 Å². The summed E-state index contributed by atoms with van der Waals surface area (Å²) < 4.78 is 6.76. The molecule has 0 atom stereocenters. The molecule has 0 spiro atoms. The van der Waals surface area contributed by atoms with E-state index >= 15 is 0 Å². The van der Waals surface area contributed by atoms with Crippen LogP contribution in [0.3, 0.4) is 0 Å². The van der Waals surface area contributed by atoms with E-state index < -0.39 is 0 Å². The van der Waals surface area contributed by atoms with Crippen LogP contribution in [0.25, 0.3) is 0 Å².